The van der Waals surface area contributed by atoms with Crippen LogP contribution in [0, 0.1) is 0 Å². The molecule has 19 heavy (non-hydrogen) atoms. The van der Waals surface area contributed by atoms with Crippen LogP contribution in [0.15, 0.2) is 18.3 Å². The van der Waals surface area contributed by atoms with Gasteiger partial charge in [-0.2, -0.15) is 0 Å². The molecule has 1 aromatic rings. The maximum Gasteiger partial charge on any atom is 0.250 e. The molecular formula is C13H19N3O3. The summed E-state index contributed by atoms with van der Waals surface area (Å²) in [5.74, 6) is 0.836. The Kier molecular flexibility index (Phi) is 4.70. The topological polar surface area (TPSA) is 54.9 Å². The van der Waals surface area contributed by atoms with E-state index in [1.165, 1.54) is 12.2 Å². The third kappa shape index (κ3) is 3.65. The molecule has 1 amide bonds. The molecule has 1 saturated heterocycles. The Balaban J connectivity index is 1.96. The molecule has 1 aliphatic rings. The molecule has 6 nitrogen and oxygen atoms in total. The molecule has 104 valence electrons. The van der Waals surface area contributed by atoms with E-state index in [0.717, 1.165) is 37.7 Å². The van der Waals surface area contributed by atoms with Gasteiger partial charge in [0.1, 0.15) is 5.82 Å². The normalized spacial score (nSPS) is 15.4. The van der Waals surface area contributed by atoms with Crippen LogP contribution in [0.25, 0.3) is 0 Å². The van der Waals surface area contributed by atoms with Gasteiger partial charge in [0.05, 0.1) is 26.7 Å². The molecule has 1 aromatic heterocycles. The lowest BCUT2D eigenvalue weighted by Gasteiger charge is -2.27. The Morgan fingerprint density at radius 3 is 2.79 bits per heavy atom. The summed E-state index contributed by atoms with van der Waals surface area (Å²) in [5.41, 5.74) is 0.880. The molecule has 0 bridgehead atoms. The van der Waals surface area contributed by atoms with E-state index >= 15 is 0 Å². The van der Waals surface area contributed by atoms with Gasteiger partial charge in [0, 0.05) is 26.3 Å². The van der Waals surface area contributed by atoms with Crippen molar-refractivity contribution >= 4 is 11.7 Å². The number of pyridine rings is 1. The number of rotatable bonds is 4. The SMILES string of the molecule is CON(C)C(=O)Cc1ccc(N2CCOCC2)nc1. The summed E-state index contributed by atoms with van der Waals surface area (Å²) in [7, 11) is 3.07. The Hall–Kier alpha value is -1.66. The minimum Gasteiger partial charge on any atom is -0.378 e. The van der Waals surface area contributed by atoms with Gasteiger partial charge in [0.2, 0.25) is 5.91 Å². The van der Waals surface area contributed by atoms with Crippen LogP contribution in [-0.2, 0) is 20.8 Å². The van der Waals surface area contributed by atoms with Crippen LogP contribution in [0.2, 0.25) is 0 Å². The van der Waals surface area contributed by atoms with Crippen LogP contribution >= 0.6 is 0 Å². The van der Waals surface area contributed by atoms with E-state index in [1.807, 2.05) is 12.1 Å². The van der Waals surface area contributed by atoms with Gasteiger partial charge in [-0.25, -0.2) is 10.0 Å². The molecule has 0 spiro atoms. The number of hydrogen-bond donors (Lipinski definition) is 0. The Morgan fingerprint density at radius 1 is 1.47 bits per heavy atom. The summed E-state index contributed by atoms with van der Waals surface area (Å²) in [6, 6.07) is 3.87. The van der Waals surface area contributed by atoms with Crippen LogP contribution in [0.3, 0.4) is 0 Å². The quantitative estimate of drug-likeness (QED) is 0.741. The van der Waals surface area contributed by atoms with Gasteiger partial charge in [-0.05, 0) is 11.6 Å². The highest BCUT2D eigenvalue weighted by molar-refractivity contribution is 5.77. The van der Waals surface area contributed by atoms with Gasteiger partial charge in [0.25, 0.3) is 0 Å². The van der Waals surface area contributed by atoms with Crippen molar-refractivity contribution in [2.75, 3.05) is 45.4 Å². The summed E-state index contributed by atoms with van der Waals surface area (Å²) >= 11 is 0. The number of hydrogen-bond acceptors (Lipinski definition) is 5. The number of anilines is 1. The second-order valence-electron chi connectivity index (χ2n) is 4.37. The first kappa shape index (κ1) is 13.8. The van der Waals surface area contributed by atoms with E-state index in [0.29, 0.717) is 6.42 Å². The third-order valence-corrected chi connectivity index (χ3v) is 3.12. The average molecular weight is 265 g/mol. The van der Waals surface area contributed by atoms with Gasteiger partial charge in [0.15, 0.2) is 0 Å². The smallest absolute Gasteiger partial charge is 0.250 e. The number of ether oxygens (including phenoxy) is 1. The number of amides is 1. The lowest BCUT2D eigenvalue weighted by Crippen LogP contribution is -2.36. The number of carbonyl (C=O) groups excluding carboxylic acids is 1. The van der Waals surface area contributed by atoms with Crippen molar-refractivity contribution in [1.29, 1.82) is 0 Å². The van der Waals surface area contributed by atoms with Crippen molar-refractivity contribution < 1.29 is 14.4 Å². The van der Waals surface area contributed by atoms with E-state index in [9.17, 15) is 4.79 Å². The molecule has 6 heteroatoms. The minimum absolute atomic E-state index is 0.0941. The highest BCUT2D eigenvalue weighted by atomic mass is 16.7. The second-order valence-corrected chi connectivity index (χ2v) is 4.37. The van der Waals surface area contributed by atoms with Gasteiger partial charge >= 0.3 is 0 Å². The molecule has 0 unspecified atom stereocenters. The predicted molar refractivity (Wildman–Crippen MR) is 70.8 cm³/mol. The molecular weight excluding hydrogens is 246 g/mol. The number of morpholine rings is 1. The van der Waals surface area contributed by atoms with E-state index in [4.69, 9.17) is 9.57 Å². The molecule has 0 aromatic carbocycles. The first-order chi connectivity index (χ1) is 9.20. The van der Waals surface area contributed by atoms with Crippen molar-refractivity contribution in [1.82, 2.24) is 10.0 Å². The highest BCUT2D eigenvalue weighted by Gasteiger charge is 2.13. The monoisotopic (exact) mass is 265 g/mol. The fourth-order valence-corrected chi connectivity index (χ4v) is 1.89. The molecule has 0 N–H and O–H groups in total. The van der Waals surface area contributed by atoms with Crippen molar-refractivity contribution in [2.45, 2.75) is 6.42 Å². The first-order valence-electron chi connectivity index (χ1n) is 6.29. The summed E-state index contributed by atoms with van der Waals surface area (Å²) in [6.45, 7) is 3.19. The largest absolute Gasteiger partial charge is 0.378 e. The Labute approximate surface area is 112 Å². The predicted octanol–water partition coefficient (Wildman–Crippen LogP) is 0.480. The van der Waals surface area contributed by atoms with Crippen molar-refractivity contribution in [3.8, 4) is 0 Å². The molecule has 0 saturated carbocycles. The Morgan fingerprint density at radius 2 is 2.21 bits per heavy atom. The summed E-state index contributed by atoms with van der Waals surface area (Å²) in [6.07, 6.45) is 2.03. The maximum atomic E-state index is 11.7. The zero-order valence-electron chi connectivity index (χ0n) is 11.3. The van der Waals surface area contributed by atoms with Gasteiger partial charge in [-0.15, -0.1) is 0 Å². The van der Waals surface area contributed by atoms with Gasteiger partial charge in [-0.1, -0.05) is 6.07 Å². The van der Waals surface area contributed by atoms with Crippen molar-refractivity contribution in [3.63, 3.8) is 0 Å². The molecule has 0 atom stereocenters. The van der Waals surface area contributed by atoms with E-state index in [-0.39, 0.29) is 5.91 Å². The van der Waals surface area contributed by atoms with Crippen LogP contribution in [-0.4, -0.2) is 56.4 Å². The number of carbonyl (C=O) groups is 1. The highest BCUT2D eigenvalue weighted by Crippen LogP contribution is 2.13. The molecule has 2 heterocycles. The third-order valence-electron chi connectivity index (χ3n) is 3.12. The zero-order valence-corrected chi connectivity index (χ0v) is 11.3. The fourth-order valence-electron chi connectivity index (χ4n) is 1.89. The molecule has 0 aliphatic carbocycles. The number of likely N-dealkylation sites (N-methyl/N-ethyl adjacent to an activating group) is 1. The molecule has 1 aliphatic heterocycles. The number of aromatic nitrogens is 1. The second kappa shape index (κ2) is 6.49. The van der Waals surface area contributed by atoms with E-state index in [2.05, 4.69) is 9.88 Å². The van der Waals surface area contributed by atoms with Gasteiger partial charge in [-0.3, -0.25) is 9.63 Å². The van der Waals surface area contributed by atoms with Crippen LogP contribution in [0.4, 0.5) is 5.82 Å². The zero-order chi connectivity index (χ0) is 13.7. The van der Waals surface area contributed by atoms with E-state index < -0.39 is 0 Å². The minimum atomic E-state index is -0.0941. The fraction of sp³-hybridized carbons (Fsp3) is 0.538. The molecule has 0 radical (unpaired) electrons. The van der Waals surface area contributed by atoms with Crippen molar-refractivity contribution in [3.05, 3.63) is 23.9 Å². The lowest BCUT2D eigenvalue weighted by atomic mass is 10.2. The first-order valence-corrected chi connectivity index (χ1v) is 6.29. The van der Waals surface area contributed by atoms with Crippen molar-refractivity contribution in [2.24, 2.45) is 0 Å². The average Bonchev–Trinajstić information content (AvgIpc) is 2.48. The number of hydroxylamine groups is 2. The van der Waals surface area contributed by atoms with Crippen LogP contribution in [0.5, 0.6) is 0 Å². The summed E-state index contributed by atoms with van der Waals surface area (Å²) in [5, 5.41) is 1.22. The van der Waals surface area contributed by atoms with E-state index in [1.54, 1.807) is 13.2 Å². The standard InChI is InChI=1S/C13H19N3O3/c1-15(18-2)13(17)9-11-3-4-12(14-10-11)16-5-7-19-8-6-16/h3-4,10H,5-9H2,1-2H3. The maximum absolute atomic E-state index is 11.7. The van der Waals surface area contributed by atoms with Gasteiger partial charge < -0.3 is 9.64 Å². The summed E-state index contributed by atoms with van der Waals surface area (Å²) < 4.78 is 5.30. The van der Waals surface area contributed by atoms with Crippen LogP contribution in [0.1, 0.15) is 5.56 Å². The van der Waals surface area contributed by atoms with Crippen LogP contribution < -0.4 is 4.90 Å². The molecule has 1 fully saturated rings. The Bertz CT molecular complexity index is 416. The lowest BCUT2D eigenvalue weighted by molar-refractivity contribution is -0.167. The summed E-state index contributed by atoms with van der Waals surface area (Å²) in [4.78, 5) is 23.1. The molecule has 2 rings (SSSR count). The number of nitrogens with zero attached hydrogens (tertiary/aromatic N) is 3.